The van der Waals surface area contributed by atoms with Gasteiger partial charge in [0.2, 0.25) is 0 Å². The van der Waals surface area contributed by atoms with Gasteiger partial charge in [-0.3, -0.25) is 0 Å². The number of nitrogens with zero attached hydrogens (tertiary/aromatic N) is 1. The molecule has 0 aliphatic heterocycles. The van der Waals surface area contributed by atoms with Crippen LogP contribution in [0.15, 0.2) is 18.2 Å². The topological polar surface area (TPSA) is 35.8 Å². The molecule has 0 spiro atoms. The number of nitrogens with one attached hydrogen (secondary N) is 1. The van der Waals surface area contributed by atoms with Crippen molar-refractivity contribution in [3.8, 4) is 6.07 Å². The standard InChI is InChI=1S/C10H10Cl2N2/c1-7(5-13)6-14-10-8(11)3-2-4-9(10)12/h2-4,7,14H,6H2,1H3. The Morgan fingerprint density at radius 2 is 2.00 bits per heavy atom. The molecule has 2 nitrogen and oxygen atoms in total. The monoisotopic (exact) mass is 228 g/mol. The van der Waals surface area contributed by atoms with Gasteiger partial charge < -0.3 is 5.32 Å². The van der Waals surface area contributed by atoms with Crippen molar-refractivity contribution in [2.45, 2.75) is 6.92 Å². The van der Waals surface area contributed by atoms with Crippen LogP contribution in [0.2, 0.25) is 10.0 Å². The quantitative estimate of drug-likeness (QED) is 0.859. The van der Waals surface area contributed by atoms with Crippen molar-refractivity contribution in [3.05, 3.63) is 28.2 Å². The average molecular weight is 229 g/mol. The van der Waals surface area contributed by atoms with Crippen LogP contribution in [0, 0.1) is 17.2 Å². The third-order valence-corrected chi connectivity index (χ3v) is 2.40. The summed E-state index contributed by atoms with van der Waals surface area (Å²) in [5.41, 5.74) is 0.693. The summed E-state index contributed by atoms with van der Waals surface area (Å²) in [4.78, 5) is 0. The first-order valence-electron chi connectivity index (χ1n) is 4.22. The van der Waals surface area contributed by atoms with E-state index in [0.29, 0.717) is 22.3 Å². The fourth-order valence-corrected chi connectivity index (χ4v) is 1.50. The molecule has 0 saturated carbocycles. The largest absolute Gasteiger partial charge is 0.381 e. The number of anilines is 1. The van der Waals surface area contributed by atoms with E-state index in [4.69, 9.17) is 28.5 Å². The van der Waals surface area contributed by atoms with E-state index < -0.39 is 0 Å². The van der Waals surface area contributed by atoms with E-state index in [1.165, 1.54) is 0 Å². The van der Waals surface area contributed by atoms with Gasteiger partial charge in [-0.15, -0.1) is 0 Å². The molecule has 0 radical (unpaired) electrons. The summed E-state index contributed by atoms with van der Waals surface area (Å²) in [6, 6.07) is 7.42. The summed E-state index contributed by atoms with van der Waals surface area (Å²) in [6.45, 7) is 2.37. The molecule has 1 aromatic rings. The van der Waals surface area contributed by atoms with Gasteiger partial charge in [0.25, 0.3) is 0 Å². The van der Waals surface area contributed by atoms with Crippen molar-refractivity contribution in [2.24, 2.45) is 5.92 Å². The predicted octanol–water partition coefficient (Wildman–Crippen LogP) is 3.56. The van der Waals surface area contributed by atoms with E-state index in [2.05, 4.69) is 11.4 Å². The van der Waals surface area contributed by atoms with Crippen LogP contribution in [0.25, 0.3) is 0 Å². The highest BCUT2D eigenvalue weighted by Crippen LogP contribution is 2.29. The third-order valence-electron chi connectivity index (χ3n) is 1.77. The first kappa shape index (κ1) is 11.2. The lowest BCUT2D eigenvalue weighted by Crippen LogP contribution is -2.09. The average Bonchev–Trinajstić information content (AvgIpc) is 2.16. The number of para-hydroxylation sites is 1. The second kappa shape index (κ2) is 5.09. The molecule has 1 rings (SSSR count). The number of nitriles is 1. The Balaban J connectivity index is 2.72. The van der Waals surface area contributed by atoms with Gasteiger partial charge in [-0.05, 0) is 19.1 Å². The molecule has 1 aromatic carbocycles. The Bertz CT molecular complexity index is 337. The summed E-state index contributed by atoms with van der Waals surface area (Å²) in [6.07, 6.45) is 0. The summed E-state index contributed by atoms with van der Waals surface area (Å²) in [7, 11) is 0. The second-order valence-corrected chi connectivity index (χ2v) is 3.82. The Morgan fingerprint density at radius 3 is 2.50 bits per heavy atom. The van der Waals surface area contributed by atoms with Crippen LogP contribution in [0.3, 0.4) is 0 Å². The van der Waals surface area contributed by atoms with Crippen molar-refractivity contribution in [1.82, 2.24) is 0 Å². The predicted molar refractivity (Wildman–Crippen MR) is 59.7 cm³/mol. The smallest absolute Gasteiger partial charge is 0.0719 e. The highest BCUT2D eigenvalue weighted by Gasteiger charge is 2.06. The van der Waals surface area contributed by atoms with Crippen LogP contribution in [-0.2, 0) is 0 Å². The Labute approximate surface area is 93.4 Å². The molecule has 1 N–H and O–H groups in total. The molecule has 0 aromatic heterocycles. The van der Waals surface area contributed by atoms with Crippen LogP contribution < -0.4 is 5.32 Å². The molecule has 0 fully saturated rings. The maximum Gasteiger partial charge on any atom is 0.0719 e. The summed E-state index contributed by atoms with van der Waals surface area (Å²) in [5, 5.41) is 12.8. The fourth-order valence-electron chi connectivity index (χ4n) is 0.967. The van der Waals surface area contributed by atoms with Gasteiger partial charge in [-0.1, -0.05) is 29.3 Å². The molecule has 74 valence electrons. The van der Waals surface area contributed by atoms with Crippen molar-refractivity contribution in [2.75, 3.05) is 11.9 Å². The van der Waals surface area contributed by atoms with Crippen molar-refractivity contribution in [1.29, 1.82) is 5.26 Å². The molecule has 14 heavy (non-hydrogen) atoms. The van der Waals surface area contributed by atoms with Crippen LogP contribution >= 0.6 is 23.2 Å². The molecule has 0 aliphatic carbocycles. The van der Waals surface area contributed by atoms with Crippen LogP contribution in [0.1, 0.15) is 6.92 Å². The second-order valence-electron chi connectivity index (χ2n) is 3.01. The minimum Gasteiger partial charge on any atom is -0.381 e. The van der Waals surface area contributed by atoms with Crippen molar-refractivity contribution >= 4 is 28.9 Å². The number of hydrogen-bond acceptors (Lipinski definition) is 2. The minimum absolute atomic E-state index is 0.0673. The molecule has 0 amide bonds. The molecule has 1 unspecified atom stereocenters. The number of halogens is 2. The van der Waals surface area contributed by atoms with Crippen molar-refractivity contribution < 1.29 is 0 Å². The molecular formula is C10H10Cl2N2. The van der Waals surface area contributed by atoms with E-state index >= 15 is 0 Å². The zero-order chi connectivity index (χ0) is 10.6. The summed E-state index contributed by atoms with van der Waals surface area (Å²) >= 11 is 11.9. The van der Waals surface area contributed by atoms with E-state index in [1.807, 2.05) is 6.92 Å². The Morgan fingerprint density at radius 1 is 1.43 bits per heavy atom. The third kappa shape index (κ3) is 2.80. The van der Waals surface area contributed by atoms with Gasteiger partial charge in [-0.2, -0.15) is 5.26 Å². The lowest BCUT2D eigenvalue weighted by atomic mass is 10.2. The Hall–Kier alpha value is -0.910. The van der Waals surface area contributed by atoms with E-state index in [-0.39, 0.29) is 5.92 Å². The normalized spacial score (nSPS) is 11.9. The molecule has 1 atom stereocenters. The van der Waals surface area contributed by atoms with Gasteiger partial charge in [-0.25, -0.2) is 0 Å². The van der Waals surface area contributed by atoms with E-state index in [9.17, 15) is 0 Å². The zero-order valence-corrected chi connectivity index (χ0v) is 9.23. The number of rotatable bonds is 3. The fraction of sp³-hybridized carbons (Fsp3) is 0.300. The molecular weight excluding hydrogens is 219 g/mol. The molecule has 0 aliphatic rings. The molecule has 0 bridgehead atoms. The van der Waals surface area contributed by atoms with Gasteiger partial charge in [0.05, 0.1) is 27.7 Å². The van der Waals surface area contributed by atoms with Gasteiger partial charge >= 0.3 is 0 Å². The summed E-state index contributed by atoms with van der Waals surface area (Å²) < 4.78 is 0. The lowest BCUT2D eigenvalue weighted by Gasteiger charge is -2.10. The number of benzene rings is 1. The lowest BCUT2D eigenvalue weighted by molar-refractivity contribution is 0.786. The summed E-state index contributed by atoms with van der Waals surface area (Å²) in [5.74, 6) is -0.0673. The van der Waals surface area contributed by atoms with Crippen LogP contribution in [0.4, 0.5) is 5.69 Å². The van der Waals surface area contributed by atoms with Crippen molar-refractivity contribution in [3.63, 3.8) is 0 Å². The van der Waals surface area contributed by atoms with Gasteiger partial charge in [0.1, 0.15) is 0 Å². The maximum atomic E-state index is 8.60. The SMILES string of the molecule is CC(C#N)CNc1c(Cl)cccc1Cl. The van der Waals surface area contributed by atoms with Gasteiger partial charge in [0.15, 0.2) is 0 Å². The maximum absolute atomic E-state index is 8.60. The van der Waals surface area contributed by atoms with Crippen LogP contribution in [-0.4, -0.2) is 6.54 Å². The first-order chi connectivity index (χ1) is 6.65. The number of hydrogen-bond donors (Lipinski definition) is 1. The van der Waals surface area contributed by atoms with E-state index in [0.717, 1.165) is 0 Å². The highest BCUT2D eigenvalue weighted by atomic mass is 35.5. The van der Waals surface area contributed by atoms with E-state index in [1.54, 1.807) is 18.2 Å². The Kier molecular flexibility index (Phi) is 4.06. The van der Waals surface area contributed by atoms with Gasteiger partial charge in [0, 0.05) is 6.54 Å². The van der Waals surface area contributed by atoms with Crippen LogP contribution in [0.5, 0.6) is 0 Å². The molecule has 0 heterocycles. The first-order valence-corrected chi connectivity index (χ1v) is 4.98. The molecule has 4 heteroatoms. The minimum atomic E-state index is -0.0673. The molecule has 0 saturated heterocycles. The highest BCUT2D eigenvalue weighted by molar-refractivity contribution is 6.39. The zero-order valence-electron chi connectivity index (χ0n) is 7.72.